The predicted octanol–water partition coefficient (Wildman–Crippen LogP) is 11.5. The van der Waals surface area contributed by atoms with Gasteiger partial charge in [-0.2, -0.15) is 8.78 Å². The van der Waals surface area contributed by atoms with E-state index in [4.69, 9.17) is 0 Å². The molecule has 0 N–H and O–H groups in total. The number of hydrogen-bond donors (Lipinski definition) is 0. The second kappa shape index (κ2) is 13.3. The molecule has 0 aliphatic heterocycles. The third kappa shape index (κ3) is 6.90. The summed E-state index contributed by atoms with van der Waals surface area (Å²) in [5.41, 5.74) is -1.51. The maximum Gasteiger partial charge on any atom is 0.432 e. The summed E-state index contributed by atoms with van der Waals surface area (Å²) in [6.45, 7) is 2.09. The average molecular weight is 645 g/mol. The van der Waals surface area contributed by atoms with E-state index >= 15 is 8.78 Å². The molecule has 0 aliphatic rings. The molecule has 46 heavy (non-hydrogen) atoms. The lowest BCUT2D eigenvalue weighted by Crippen LogP contribution is -2.25. The van der Waals surface area contributed by atoms with E-state index in [0.29, 0.717) is 29.8 Å². The number of unbranched alkanes of at least 4 members (excludes halogenated alkanes) is 2. The Morgan fingerprint density at radius 3 is 1.48 bits per heavy atom. The zero-order chi connectivity index (χ0) is 33.2. The van der Waals surface area contributed by atoms with E-state index < -0.39 is 69.3 Å². The number of halogens is 9. The van der Waals surface area contributed by atoms with Gasteiger partial charge in [0.1, 0.15) is 34.6 Å². The van der Waals surface area contributed by atoms with E-state index in [2.05, 4.69) is 11.7 Å². The number of rotatable bonds is 10. The molecular weight excluding hydrogens is 619 g/mol. The fourth-order valence-corrected chi connectivity index (χ4v) is 5.09. The molecule has 0 bridgehead atoms. The van der Waals surface area contributed by atoms with Gasteiger partial charge in [0.15, 0.2) is 17.5 Å². The van der Waals surface area contributed by atoms with E-state index in [1.165, 1.54) is 0 Å². The molecule has 0 radical (unpaired) electrons. The Kier molecular flexibility index (Phi) is 9.46. The topological polar surface area (TPSA) is 9.23 Å². The third-order valence-corrected chi connectivity index (χ3v) is 7.44. The zero-order valence-corrected chi connectivity index (χ0v) is 24.2. The molecule has 1 nitrogen and oxygen atoms in total. The summed E-state index contributed by atoms with van der Waals surface area (Å²) in [5.74, 6) is -11.1. The second-order valence-corrected chi connectivity index (χ2v) is 10.7. The Morgan fingerprint density at radius 1 is 0.522 bits per heavy atom. The molecule has 0 unspecified atom stereocenters. The van der Waals surface area contributed by atoms with Crippen LogP contribution in [0.4, 0.5) is 39.5 Å². The molecule has 0 saturated carbocycles. The van der Waals surface area contributed by atoms with E-state index in [-0.39, 0.29) is 16.7 Å². The Balaban J connectivity index is 1.37. The van der Waals surface area contributed by atoms with Gasteiger partial charge < -0.3 is 4.74 Å². The summed E-state index contributed by atoms with van der Waals surface area (Å²) in [5, 5.41) is 0. The van der Waals surface area contributed by atoms with Crippen LogP contribution in [0, 0.1) is 40.7 Å². The van der Waals surface area contributed by atoms with Crippen LogP contribution in [0.3, 0.4) is 0 Å². The third-order valence-electron chi connectivity index (χ3n) is 7.44. The van der Waals surface area contributed by atoms with E-state index in [1.54, 1.807) is 12.1 Å². The summed E-state index contributed by atoms with van der Waals surface area (Å²) in [6, 6.07) is 15.4. The minimum absolute atomic E-state index is 0.102. The number of ether oxygens (including phenoxy) is 1. The highest BCUT2D eigenvalue weighted by Crippen LogP contribution is 2.39. The highest BCUT2D eigenvalue weighted by atomic mass is 19.3. The largest absolute Gasteiger partial charge is 0.432 e. The van der Waals surface area contributed by atoms with Crippen molar-refractivity contribution in [3.63, 3.8) is 0 Å². The first-order valence-electron chi connectivity index (χ1n) is 14.3. The summed E-state index contributed by atoms with van der Waals surface area (Å²) in [7, 11) is 0. The zero-order valence-electron chi connectivity index (χ0n) is 24.2. The van der Waals surface area contributed by atoms with Gasteiger partial charge in [0, 0.05) is 0 Å². The molecule has 0 heterocycles. The van der Waals surface area contributed by atoms with Crippen LogP contribution in [0.15, 0.2) is 84.9 Å². The van der Waals surface area contributed by atoms with Gasteiger partial charge in [-0.1, -0.05) is 56.2 Å². The monoisotopic (exact) mass is 644 g/mol. The fourth-order valence-electron chi connectivity index (χ4n) is 5.09. The predicted molar refractivity (Wildman–Crippen MR) is 157 cm³/mol. The maximum atomic E-state index is 15.2. The van der Waals surface area contributed by atoms with E-state index in [0.717, 1.165) is 67.6 Å². The van der Waals surface area contributed by atoms with Crippen molar-refractivity contribution in [1.29, 1.82) is 0 Å². The first kappa shape index (κ1) is 32.7. The lowest BCUT2D eigenvalue weighted by Gasteiger charge is -2.20. The van der Waals surface area contributed by atoms with E-state index in [9.17, 15) is 30.7 Å². The molecule has 0 aromatic heterocycles. The van der Waals surface area contributed by atoms with Crippen molar-refractivity contribution >= 4 is 0 Å². The van der Waals surface area contributed by atoms with Crippen LogP contribution >= 0.6 is 0 Å². The van der Waals surface area contributed by atoms with Crippen molar-refractivity contribution in [3.05, 3.63) is 137 Å². The molecule has 0 aliphatic carbocycles. The average Bonchev–Trinajstić information content (AvgIpc) is 2.99. The van der Waals surface area contributed by atoms with Crippen LogP contribution in [0.25, 0.3) is 33.4 Å². The summed E-state index contributed by atoms with van der Waals surface area (Å²) >= 11 is 0. The standard InChI is InChI=1S/C36H25F9O/c1-2-3-4-5-20-6-8-21(9-7-20)23-14-27(37)33(28(38)15-23)25-18-29(39)34(30(40)19-25)36(44,45)46-26-12-10-22(11-13-26)24-16-31(41)35(43)32(42)17-24/h6-19H,2-5H2,1H3. The van der Waals surface area contributed by atoms with Crippen molar-refractivity contribution in [1.82, 2.24) is 0 Å². The number of alkyl halides is 2. The molecule has 0 amide bonds. The van der Waals surface area contributed by atoms with Gasteiger partial charge in [0.2, 0.25) is 0 Å². The normalized spacial score (nSPS) is 11.6. The minimum atomic E-state index is -4.59. The van der Waals surface area contributed by atoms with Crippen LogP contribution in [-0.4, -0.2) is 0 Å². The number of aryl methyl sites for hydroxylation is 1. The van der Waals surface area contributed by atoms with Gasteiger partial charge in [-0.15, -0.1) is 0 Å². The summed E-state index contributed by atoms with van der Waals surface area (Å²) in [4.78, 5) is 0. The van der Waals surface area contributed by atoms with Crippen LogP contribution in [0.2, 0.25) is 0 Å². The van der Waals surface area contributed by atoms with Crippen LogP contribution in [0.5, 0.6) is 5.75 Å². The lowest BCUT2D eigenvalue weighted by atomic mass is 9.96. The van der Waals surface area contributed by atoms with Gasteiger partial charge in [0.25, 0.3) is 0 Å². The van der Waals surface area contributed by atoms with Crippen molar-refractivity contribution in [2.45, 2.75) is 38.7 Å². The number of hydrogen-bond acceptors (Lipinski definition) is 1. The Morgan fingerprint density at radius 2 is 0.978 bits per heavy atom. The molecular formula is C36H25F9O. The summed E-state index contributed by atoms with van der Waals surface area (Å²) in [6.07, 6.45) is -0.570. The van der Waals surface area contributed by atoms with Gasteiger partial charge >= 0.3 is 6.11 Å². The van der Waals surface area contributed by atoms with Crippen LogP contribution in [0.1, 0.15) is 37.3 Å². The summed E-state index contributed by atoms with van der Waals surface area (Å²) < 4.78 is 135. The Bertz CT molecular complexity index is 1800. The molecule has 5 rings (SSSR count). The maximum absolute atomic E-state index is 15.2. The van der Waals surface area contributed by atoms with Gasteiger partial charge in [-0.3, -0.25) is 0 Å². The second-order valence-electron chi connectivity index (χ2n) is 10.7. The van der Waals surface area contributed by atoms with Crippen molar-refractivity contribution < 1.29 is 44.3 Å². The molecule has 10 heteroatoms. The lowest BCUT2D eigenvalue weighted by molar-refractivity contribution is -0.189. The molecule has 238 valence electrons. The molecule has 0 atom stereocenters. The smallest absolute Gasteiger partial charge is 0.429 e. The quantitative estimate of drug-likeness (QED) is 0.0835. The first-order chi connectivity index (χ1) is 21.9. The van der Waals surface area contributed by atoms with Crippen molar-refractivity contribution in [2.24, 2.45) is 0 Å². The molecule has 5 aromatic rings. The minimum Gasteiger partial charge on any atom is -0.429 e. The van der Waals surface area contributed by atoms with Gasteiger partial charge in [-0.05, 0) is 94.8 Å². The molecule has 0 fully saturated rings. The first-order valence-corrected chi connectivity index (χ1v) is 14.3. The van der Waals surface area contributed by atoms with Crippen LogP contribution in [-0.2, 0) is 12.5 Å². The Labute approximate surface area is 258 Å². The molecule has 5 aromatic carbocycles. The fraction of sp³-hybridized carbons (Fsp3) is 0.167. The van der Waals surface area contributed by atoms with Crippen molar-refractivity contribution in [3.8, 4) is 39.1 Å². The van der Waals surface area contributed by atoms with Gasteiger partial charge in [-0.25, -0.2) is 30.7 Å². The highest BCUT2D eigenvalue weighted by molar-refractivity contribution is 5.72. The van der Waals surface area contributed by atoms with Crippen molar-refractivity contribution in [2.75, 3.05) is 0 Å². The van der Waals surface area contributed by atoms with E-state index in [1.807, 2.05) is 12.1 Å². The highest BCUT2D eigenvalue weighted by Gasteiger charge is 2.41. The van der Waals surface area contributed by atoms with Crippen LogP contribution < -0.4 is 4.74 Å². The molecule has 0 spiro atoms. The molecule has 0 saturated heterocycles. The van der Waals surface area contributed by atoms with Gasteiger partial charge in [0.05, 0.1) is 5.56 Å². The Hall–Kier alpha value is -4.73. The number of benzene rings is 5. The SMILES string of the molecule is CCCCCc1ccc(-c2cc(F)c(-c3cc(F)c(C(F)(F)Oc4ccc(-c5cc(F)c(F)c(F)c5)cc4)c(F)c3)c(F)c2)cc1.